The third-order valence-corrected chi connectivity index (χ3v) is 4.16. The number of hydrogen-bond acceptors (Lipinski definition) is 3. The van der Waals surface area contributed by atoms with Gasteiger partial charge >= 0.3 is 0 Å². The number of benzene rings is 2. The minimum absolute atomic E-state index is 0.0419. The van der Waals surface area contributed by atoms with Gasteiger partial charge in [-0.2, -0.15) is 0 Å². The molecule has 0 atom stereocenters. The zero-order valence-corrected chi connectivity index (χ0v) is 13.6. The van der Waals surface area contributed by atoms with Crippen molar-refractivity contribution in [1.29, 1.82) is 5.41 Å². The normalized spacial score (nSPS) is 10.4. The predicted molar refractivity (Wildman–Crippen MR) is 90.4 cm³/mol. The van der Waals surface area contributed by atoms with Crippen LogP contribution in [0.4, 0.5) is 0 Å². The van der Waals surface area contributed by atoms with Crippen molar-refractivity contribution in [1.82, 2.24) is 0 Å². The van der Waals surface area contributed by atoms with Gasteiger partial charge in [0.1, 0.15) is 17.3 Å². The lowest BCUT2D eigenvalue weighted by atomic mass is 10.2. The molecule has 0 heterocycles. The number of rotatable bonds is 5. The second-order valence-electron chi connectivity index (χ2n) is 4.15. The number of nitrogens with one attached hydrogen (secondary N) is 1. The Hall–Kier alpha value is -1.36. The van der Waals surface area contributed by atoms with E-state index in [1.165, 1.54) is 0 Å². The lowest BCUT2D eigenvalue weighted by molar-refractivity contribution is 0.480. The van der Waals surface area contributed by atoms with Crippen molar-refractivity contribution in [2.24, 2.45) is 5.73 Å². The first-order chi connectivity index (χ1) is 10.0. The minimum Gasteiger partial charge on any atom is -0.455 e. The smallest absolute Gasteiger partial charge is 0.147 e. The molecule has 0 spiro atoms. The molecule has 0 aliphatic rings. The van der Waals surface area contributed by atoms with Crippen LogP contribution in [0.25, 0.3) is 0 Å². The monoisotopic (exact) mass is 340 g/mol. The summed E-state index contributed by atoms with van der Waals surface area (Å²) in [4.78, 5) is 0.903. The van der Waals surface area contributed by atoms with Gasteiger partial charge in [0, 0.05) is 16.0 Å². The van der Waals surface area contributed by atoms with Gasteiger partial charge in [-0.25, -0.2) is 0 Å². The molecule has 2 aromatic rings. The first-order valence-corrected chi connectivity index (χ1v) is 8.00. The summed E-state index contributed by atoms with van der Waals surface area (Å²) in [5.74, 6) is 1.76. The van der Waals surface area contributed by atoms with Crippen LogP contribution in [0.5, 0.6) is 11.5 Å². The van der Waals surface area contributed by atoms with Gasteiger partial charge in [0.15, 0.2) is 0 Å². The Kier molecular flexibility index (Phi) is 5.39. The van der Waals surface area contributed by atoms with E-state index in [9.17, 15) is 0 Å². The Morgan fingerprint density at radius 2 is 2.00 bits per heavy atom. The Labute approximate surface area is 137 Å². The molecular weight excluding hydrogens is 327 g/mol. The maximum Gasteiger partial charge on any atom is 0.147 e. The second-order valence-corrected chi connectivity index (χ2v) is 6.30. The van der Waals surface area contributed by atoms with E-state index < -0.39 is 0 Å². The number of thioether (sulfide) groups is 1. The van der Waals surface area contributed by atoms with Gasteiger partial charge in [-0.1, -0.05) is 36.2 Å². The first-order valence-electron chi connectivity index (χ1n) is 6.26. The molecule has 2 aromatic carbocycles. The van der Waals surface area contributed by atoms with E-state index in [-0.39, 0.29) is 5.84 Å². The molecule has 21 heavy (non-hydrogen) atoms. The molecule has 0 saturated carbocycles. The molecule has 3 nitrogen and oxygen atoms in total. The van der Waals surface area contributed by atoms with Gasteiger partial charge in [0.25, 0.3) is 0 Å². The van der Waals surface area contributed by atoms with Crippen LogP contribution in [0, 0.1) is 5.41 Å². The quantitative estimate of drug-likeness (QED) is 0.447. The van der Waals surface area contributed by atoms with E-state index in [1.54, 1.807) is 36.0 Å². The van der Waals surface area contributed by atoms with Crippen molar-refractivity contribution in [3.63, 3.8) is 0 Å². The molecule has 6 heteroatoms. The molecule has 0 amide bonds. The van der Waals surface area contributed by atoms with Gasteiger partial charge in [-0.15, -0.1) is 11.8 Å². The fraction of sp³-hybridized carbons (Fsp3) is 0.133. The highest BCUT2D eigenvalue weighted by molar-refractivity contribution is 7.99. The largest absolute Gasteiger partial charge is 0.455 e. The molecule has 0 aromatic heterocycles. The zero-order valence-electron chi connectivity index (χ0n) is 11.3. The highest BCUT2D eigenvalue weighted by atomic mass is 35.5. The highest BCUT2D eigenvalue weighted by Gasteiger charge is 2.14. The molecule has 0 bridgehead atoms. The van der Waals surface area contributed by atoms with Crippen molar-refractivity contribution in [2.45, 2.75) is 11.8 Å². The van der Waals surface area contributed by atoms with Crippen molar-refractivity contribution in [3.05, 3.63) is 52.0 Å². The van der Waals surface area contributed by atoms with Crippen LogP contribution in [0.1, 0.15) is 12.5 Å². The number of nitrogen functional groups attached to an aromatic ring is 1. The van der Waals surface area contributed by atoms with Crippen molar-refractivity contribution >= 4 is 40.8 Å². The Bertz CT molecular complexity index is 677. The summed E-state index contributed by atoms with van der Waals surface area (Å²) in [7, 11) is 0. The molecule has 0 saturated heterocycles. The Morgan fingerprint density at radius 3 is 2.67 bits per heavy atom. The molecule has 0 radical (unpaired) electrons. The van der Waals surface area contributed by atoms with Crippen LogP contribution in [0.3, 0.4) is 0 Å². The van der Waals surface area contributed by atoms with Gasteiger partial charge in [-0.05, 0) is 30.0 Å². The molecule has 0 fully saturated rings. The van der Waals surface area contributed by atoms with Crippen LogP contribution in [-0.2, 0) is 0 Å². The highest BCUT2D eigenvalue weighted by Crippen LogP contribution is 2.36. The first kappa shape index (κ1) is 16.0. The molecule has 0 aliphatic carbocycles. The second kappa shape index (κ2) is 7.07. The lowest BCUT2D eigenvalue weighted by Crippen LogP contribution is -2.13. The van der Waals surface area contributed by atoms with E-state index in [2.05, 4.69) is 0 Å². The van der Waals surface area contributed by atoms with E-state index in [4.69, 9.17) is 39.1 Å². The van der Waals surface area contributed by atoms with E-state index >= 15 is 0 Å². The van der Waals surface area contributed by atoms with E-state index in [1.807, 2.05) is 19.1 Å². The minimum atomic E-state index is -0.0419. The Balaban J connectivity index is 2.46. The third-order valence-electron chi connectivity index (χ3n) is 2.67. The van der Waals surface area contributed by atoms with Gasteiger partial charge < -0.3 is 10.5 Å². The van der Waals surface area contributed by atoms with Crippen LogP contribution >= 0.6 is 35.0 Å². The topological polar surface area (TPSA) is 59.1 Å². The van der Waals surface area contributed by atoms with Crippen LogP contribution in [0.15, 0.2) is 41.3 Å². The van der Waals surface area contributed by atoms with Crippen molar-refractivity contribution in [3.8, 4) is 11.5 Å². The zero-order chi connectivity index (χ0) is 15.4. The summed E-state index contributed by atoms with van der Waals surface area (Å²) in [6.45, 7) is 2.04. The summed E-state index contributed by atoms with van der Waals surface area (Å²) in [5, 5.41) is 8.76. The van der Waals surface area contributed by atoms with Gasteiger partial charge in [-0.3, -0.25) is 5.41 Å². The molecule has 3 N–H and O–H groups in total. The van der Waals surface area contributed by atoms with Crippen LogP contribution in [-0.4, -0.2) is 11.6 Å². The maximum atomic E-state index is 7.78. The number of nitrogens with two attached hydrogens (primary N) is 1. The lowest BCUT2D eigenvalue weighted by Gasteiger charge is -2.14. The maximum absolute atomic E-state index is 7.78. The Morgan fingerprint density at radius 1 is 1.24 bits per heavy atom. The average molecular weight is 341 g/mol. The number of ether oxygens (including phenoxy) is 1. The summed E-state index contributed by atoms with van der Waals surface area (Å²) >= 11 is 13.7. The summed E-state index contributed by atoms with van der Waals surface area (Å²) < 4.78 is 5.82. The summed E-state index contributed by atoms with van der Waals surface area (Å²) in [6.07, 6.45) is 0. The number of hydrogen-bond donors (Lipinski definition) is 2. The number of amidine groups is 1. The van der Waals surface area contributed by atoms with Crippen molar-refractivity contribution in [2.75, 3.05) is 5.75 Å². The van der Waals surface area contributed by atoms with E-state index in [0.29, 0.717) is 27.1 Å². The van der Waals surface area contributed by atoms with Gasteiger partial charge in [0.05, 0.1) is 10.6 Å². The molecular formula is C15H14Cl2N2OS. The van der Waals surface area contributed by atoms with Crippen LogP contribution < -0.4 is 10.5 Å². The third kappa shape index (κ3) is 3.84. The van der Waals surface area contributed by atoms with Crippen LogP contribution in [0.2, 0.25) is 10.0 Å². The SMILES string of the molecule is CCSc1cccc(Oc2cc(Cl)ccc2Cl)c1C(=N)N. The molecule has 110 valence electrons. The standard InChI is InChI=1S/C15H14Cl2N2OS/c1-2-21-13-5-3-4-11(14(13)15(18)19)20-12-8-9(16)6-7-10(12)17/h3-8H,2H2,1H3,(H3,18,19). The molecule has 0 unspecified atom stereocenters. The summed E-state index contributed by atoms with van der Waals surface area (Å²) in [5.41, 5.74) is 6.27. The fourth-order valence-electron chi connectivity index (χ4n) is 1.81. The van der Waals surface area contributed by atoms with Crippen molar-refractivity contribution < 1.29 is 4.74 Å². The predicted octanol–water partition coefficient (Wildman–Crippen LogP) is 5.18. The summed E-state index contributed by atoms with van der Waals surface area (Å²) in [6, 6.07) is 10.5. The fourth-order valence-corrected chi connectivity index (χ4v) is 2.97. The average Bonchev–Trinajstić information content (AvgIpc) is 2.43. The number of halogens is 2. The molecule has 0 aliphatic heterocycles. The van der Waals surface area contributed by atoms with E-state index in [0.717, 1.165) is 10.6 Å². The van der Waals surface area contributed by atoms with Gasteiger partial charge in [0.2, 0.25) is 0 Å². The molecule has 2 rings (SSSR count).